The number of carbonyl (C=O) groups excluding carboxylic acids is 2. The van der Waals surface area contributed by atoms with Gasteiger partial charge in [-0.15, -0.1) is 0 Å². The molecule has 6 nitrogen and oxygen atoms in total. The van der Waals surface area contributed by atoms with Gasteiger partial charge in [-0.25, -0.2) is 4.79 Å². The molecular weight excluding hydrogens is 344 g/mol. The zero-order valence-corrected chi connectivity index (χ0v) is 15.9. The molecule has 3 rings (SSSR count). The van der Waals surface area contributed by atoms with Crippen LogP contribution in [0.5, 0.6) is 0 Å². The highest BCUT2D eigenvalue weighted by Gasteiger charge is 2.19. The maximum absolute atomic E-state index is 12.7. The lowest BCUT2D eigenvalue weighted by atomic mass is 10.1. The summed E-state index contributed by atoms with van der Waals surface area (Å²) >= 11 is 0. The summed E-state index contributed by atoms with van der Waals surface area (Å²) in [5.74, 6) is -0.744. The summed E-state index contributed by atoms with van der Waals surface area (Å²) in [7, 11) is 1.33. The second-order valence-electron chi connectivity index (χ2n) is 6.65. The normalized spacial score (nSPS) is 14.0. The molecule has 6 heteroatoms. The Labute approximate surface area is 159 Å². The summed E-state index contributed by atoms with van der Waals surface area (Å²) in [6.45, 7) is 6.71. The van der Waals surface area contributed by atoms with Gasteiger partial charge in [0.25, 0.3) is 5.91 Å². The van der Waals surface area contributed by atoms with Gasteiger partial charge in [0.15, 0.2) is 0 Å². The molecule has 1 fully saturated rings. The molecule has 0 unspecified atom stereocenters. The Morgan fingerprint density at radius 2 is 1.70 bits per heavy atom. The van der Waals surface area contributed by atoms with Crippen molar-refractivity contribution in [1.82, 2.24) is 0 Å². The number of benzene rings is 2. The predicted octanol–water partition coefficient (Wildman–Crippen LogP) is 3.18. The fraction of sp³-hybridized carbons (Fsp3) is 0.333. The molecule has 0 spiro atoms. The standard InChI is InChI=1S/C21H24N2O4/c1-14-10-15(2)12-16(11-14)20(24)22-19-5-4-17(13-18(19)21(25)26-3)23-6-8-27-9-7-23/h4-5,10-13H,6-9H2,1-3H3,(H,22,24). The van der Waals surface area contributed by atoms with Gasteiger partial charge in [0, 0.05) is 24.3 Å². The molecule has 1 amide bonds. The highest BCUT2D eigenvalue weighted by molar-refractivity contribution is 6.08. The number of hydrogen-bond donors (Lipinski definition) is 1. The summed E-state index contributed by atoms with van der Waals surface area (Å²) in [5, 5.41) is 2.84. The van der Waals surface area contributed by atoms with Gasteiger partial charge in [0.1, 0.15) is 0 Å². The number of nitrogens with zero attached hydrogens (tertiary/aromatic N) is 1. The summed E-state index contributed by atoms with van der Waals surface area (Å²) in [5.41, 5.74) is 4.25. The fourth-order valence-electron chi connectivity index (χ4n) is 3.24. The maximum Gasteiger partial charge on any atom is 0.340 e. The van der Waals surface area contributed by atoms with E-state index in [4.69, 9.17) is 9.47 Å². The van der Waals surface area contributed by atoms with Crippen molar-refractivity contribution >= 4 is 23.3 Å². The molecule has 0 atom stereocenters. The van der Waals surface area contributed by atoms with Crippen LogP contribution in [0.4, 0.5) is 11.4 Å². The summed E-state index contributed by atoms with van der Waals surface area (Å²) in [4.78, 5) is 27.1. The molecule has 1 aliphatic heterocycles. The Hall–Kier alpha value is -2.86. The first-order valence-electron chi connectivity index (χ1n) is 8.92. The van der Waals surface area contributed by atoms with Crippen LogP contribution < -0.4 is 10.2 Å². The van der Waals surface area contributed by atoms with Gasteiger partial charge in [-0.2, -0.15) is 0 Å². The molecule has 0 bridgehead atoms. The molecule has 0 saturated carbocycles. The Morgan fingerprint density at radius 1 is 1.04 bits per heavy atom. The lowest BCUT2D eigenvalue weighted by molar-refractivity contribution is 0.0602. The van der Waals surface area contributed by atoms with Crippen LogP contribution in [-0.2, 0) is 9.47 Å². The Bertz CT molecular complexity index is 837. The molecule has 1 saturated heterocycles. The monoisotopic (exact) mass is 368 g/mol. The number of esters is 1. The molecule has 1 heterocycles. The topological polar surface area (TPSA) is 67.9 Å². The van der Waals surface area contributed by atoms with Gasteiger partial charge in [-0.05, 0) is 44.2 Å². The summed E-state index contributed by atoms with van der Waals surface area (Å²) < 4.78 is 10.3. The number of methoxy groups -OCH3 is 1. The Balaban J connectivity index is 1.89. The third kappa shape index (κ3) is 4.46. The minimum absolute atomic E-state index is 0.258. The molecule has 2 aromatic rings. The quantitative estimate of drug-likeness (QED) is 0.840. The van der Waals surface area contributed by atoms with E-state index in [-0.39, 0.29) is 5.91 Å². The molecule has 1 aliphatic rings. The van der Waals surface area contributed by atoms with Crippen LogP contribution in [0.2, 0.25) is 0 Å². The summed E-state index contributed by atoms with van der Waals surface area (Å²) in [6.07, 6.45) is 0. The number of hydrogen-bond acceptors (Lipinski definition) is 5. The fourth-order valence-corrected chi connectivity index (χ4v) is 3.24. The SMILES string of the molecule is COC(=O)c1cc(N2CCOCC2)ccc1NC(=O)c1cc(C)cc(C)c1. The van der Waals surface area contributed by atoms with Crippen LogP contribution in [0.25, 0.3) is 0 Å². The number of rotatable bonds is 4. The zero-order chi connectivity index (χ0) is 19.4. The van der Waals surface area contributed by atoms with Crippen LogP contribution in [0.1, 0.15) is 31.8 Å². The van der Waals surface area contributed by atoms with E-state index in [0.717, 1.165) is 29.9 Å². The number of ether oxygens (including phenoxy) is 2. The molecule has 0 aliphatic carbocycles. The third-order valence-corrected chi connectivity index (χ3v) is 4.52. The molecule has 1 N–H and O–H groups in total. The van der Waals surface area contributed by atoms with E-state index >= 15 is 0 Å². The van der Waals surface area contributed by atoms with Crippen molar-refractivity contribution in [3.8, 4) is 0 Å². The van der Waals surface area contributed by atoms with E-state index in [9.17, 15) is 9.59 Å². The first-order valence-corrected chi connectivity index (χ1v) is 8.92. The molecule has 142 valence electrons. The van der Waals surface area contributed by atoms with Crippen molar-refractivity contribution in [3.63, 3.8) is 0 Å². The van der Waals surface area contributed by atoms with E-state index in [0.29, 0.717) is 30.0 Å². The van der Waals surface area contributed by atoms with E-state index in [1.165, 1.54) is 7.11 Å². The average Bonchev–Trinajstić information content (AvgIpc) is 2.67. The van der Waals surface area contributed by atoms with Crippen LogP contribution >= 0.6 is 0 Å². The second kappa shape index (κ2) is 8.22. The van der Waals surface area contributed by atoms with Crippen molar-refractivity contribution in [2.24, 2.45) is 0 Å². The van der Waals surface area contributed by atoms with Gasteiger partial charge in [0.2, 0.25) is 0 Å². The van der Waals surface area contributed by atoms with Crippen LogP contribution in [0.15, 0.2) is 36.4 Å². The van der Waals surface area contributed by atoms with Crippen LogP contribution in [0, 0.1) is 13.8 Å². The lowest BCUT2D eigenvalue weighted by Gasteiger charge is -2.29. The number of anilines is 2. The van der Waals surface area contributed by atoms with E-state index < -0.39 is 5.97 Å². The zero-order valence-electron chi connectivity index (χ0n) is 15.9. The van der Waals surface area contributed by atoms with Crippen LogP contribution in [-0.4, -0.2) is 45.3 Å². The Morgan fingerprint density at radius 3 is 2.33 bits per heavy atom. The van der Waals surface area contributed by atoms with E-state index in [1.807, 2.05) is 38.1 Å². The molecule has 2 aromatic carbocycles. The van der Waals surface area contributed by atoms with Crippen LogP contribution in [0.3, 0.4) is 0 Å². The first-order chi connectivity index (χ1) is 13.0. The second-order valence-corrected chi connectivity index (χ2v) is 6.65. The van der Waals surface area contributed by atoms with Gasteiger partial charge in [-0.3, -0.25) is 4.79 Å². The van der Waals surface area contributed by atoms with Crippen molar-refractivity contribution < 1.29 is 19.1 Å². The first kappa shape index (κ1) is 18.9. The van der Waals surface area contributed by atoms with Crippen molar-refractivity contribution in [2.75, 3.05) is 43.6 Å². The molecule has 27 heavy (non-hydrogen) atoms. The molecule has 0 aromatic heterocycles. The minimum atomic E-state index is -0.485. The number of amides is 1. The van der Waals surface area contributed by atoms with Gasteiger partial charge in [0.05, 0.1) is 31.6 Å². The Kier molecular flexibility index (Phi) is 5.76. The minimum Gasteiger partial charge on any atom is -0.465 e. The van der Waals surface area contributed by atoms with Gasteiger partial charge >= 0.3 is 5.97 Å². The van der Waals surface area contributed by atoms with E-state index in [1.54, 1.807) is 12.1 Å². The highest BCUT2D eigenvalue weighted by Crippen LogP contribution is 2.25. The summed E-state index contributed by atoms with van der Waals surface area (Å²) in [6, 6.07) is 11.1. The maximum atomic E-state index is 12.7. The van der Waals surface area contributed by atoms with Crippen molar-refractivity contribution in [2.45, 2.75) is 13.8 Å². The van der Waals surface area contributed by atoms with Crippen molar-refractivity contribution in [3.05, 3.63) is 58.7 Å². The van der Waals surface area contributed by atoms with Gasteiger partial charge < -0.3 is 19.7 Å². The van der Waals surface area contributed by atoms with Crippen molar-refractivity contribution in [1.29, 1.82) is 0 Å². The van der Waals surface area contributed by atoms with E-state index in [2.05, 4.69) is 10.2 Å². The number of morpholine rings is 1. The lowest BCUT2D eigenvalue weighted by Crippen LogP contribution is -2.36. The number of nitrogens with one attached hydrogen (secondary N) is 1. The number of carbonyl (C=O) groups is 2. The number of aryl methyl sites for hydroxylation is 2. The van der Waals surface area contributed by atoms with Gasteiger partial charge in [-0.1, -0.05) is 17.2 Å². The smallest absolute Gasteiger partial charge is 0.340 e. The molecular formula is C21H24N2O4. The largest absolute Gasteiger partial charge is 0.465 e. The average molecular weight is 368 g/mol. The highest BCUT2D eigenvalue weighted by atomic mass is 16.5. The third-order valence-electron chi connectivity index (χ3n) is 4.52. The predicted molar refractivity (Wildman–Crippen MR) is 105 cm³/mol. The molecule has 0 radical (unpaired) electrons.